The van der Waals surface area contributed by atoms with Crippen molar-refractivity contribution in [1.82, 2.24) is 24.1 Å². The number of carbonyl (C=O) groups excluding carboxylic acids is 2. The monoisotopic (exact) mass is 533 g/mol. The van der Waals surface area contributed by atoms with Crippen molar-refractivity contribution in [2.45, 2.75) is 46.8 Å². The van der Waals surface area contributed by atoms with Gasteiger partial charge >= 0.3 is 6.09 Å². The van der Waals surface area contributed by atoms with E-state index in [4.69, 9.17) is 4.74 Å². The van der Waals surface area contributed by atoms with Crippen LogP contribution in [0.1, 0.15) is 43.7 Å². The summed E-state index contributed by atoms with van der Waals surface area (Å²) in [5, 5.41) is 8.38. The number of pyridine rings is 1. The number of aromatic nitrogens is 4. The summed E-state index contributed by atoms with van der Waals surface area (Å²) in [4.78, 5) is 33.9. The molecule has 2 fully saturated rings. The van der Waals surface area contributed by atoms with E-state index in [0.29, 0.717) is 42.1 Å². The zero-order chi connectivity index (χ0) is 27.7. The van der Waals surface area contributed by atoms with Crippen molar-refractivity contribution in [1.29, 1.82) is 0 Å². The molecular formula is C28H32FN7O3. The number of fused-ring (bicyclic) bond motifs is 2. The lowest BCUT2D eigenvalue weighted by molar-refractivity contribution is -0.0452. The fourth-order valence-corrected chi connectivity index (χ4v) is 5.56. The van der Waals surface area contributed by atoms with Crippen molar-refractivity contribution in [2.75, 3.05) is 36.4 Å². The first-order chi connectivity index (χ1) is 18.4. The number of likely N-dealkylation sites (tertiary alicyclic amines) is 1. The summed E-state index contributed by atoms with van der Waals surface area (Å²) in [6, 6.07) is 4.99. The standard InChI is InChI=1S/C28H32FN7O3/c1-6-36-12-20-22(34-13-28(14-34)15-35(16-28)26(38)39-27(3,4)5)8-7-19(23(20)32-36)25(37)31-18-9-21(29)24-30-17(2)10-33(24)11-18/h7-12H,6,13-16H2,1-5H3,(H,31,37). The average Bonchev–Trinajstić information content (AvgIpc) is 3.39. The van der Waals surface area contributed by atoms with Gasteiger partial charge in [-0.15, -0.1) is 0 Å². The molecule has 0 atom stereocenters. The number of nitrogens with one attached hydrogen (secondary N) is 1. The first kappa shape index (κ1) is 25.1. The Labute approximate surface area is 225 Å². The lowest BCUT2D eigenvalue weighted by atomic mass is 9.72. The maximum Gasteiger partial charge on any atom is 0.410 e. The van der Waals surface area contributed by atoms with Crippen molar-refractivity contribution in [3.05, 3.63) is 53.9 Å². The number of ether oxygens (including phenoxy) is 1. The molecule has 204 valence electrons. The molecule has 2 aliphatic rings. The molecule has 39 heavy (non-hydrogen) atoms. The minimum Gasteiger partial charge on any atom is -0.444 e. The van der Waals surface area contributed by atoms with Crippen LogP contribution >= 0.6 is 0 Å². The van der Waals surface area contributed by atoms with Gasteiger partial charge in [0.15, 0.2) is 11.5 Å². The number of rotatable bonds is 4. The summed E-state index contributed by atoms with van der Waals surface area (Å²) >= 11 is 0. The lowest BCUT2D eigenvalue weighted by Gasteiger charge is -2.60. The minimum atomic E-state index is -0.510. The van der Waals surface area contributed by atoms with Crippen LogP contribution in [0.15, 0.2) is 36.8 Å². The number of hydrogen-bond donors (Lipinski definition) is 1. The Bertz CT molecular complexity index is 1620. The summed E-state index contributed by atoms with van der Waals surface area (Å²) < 4.78 is 23.4. The Balaban J connectivity index is 1.21. The van der Waals surface area contributed by atoms with Crippen molar-refractivity contribution < 1.29 is 18.7 Å². The van der Waals surface area contributed by atoms with Gasteiger partial charge in [-0.3, -0.25) is 9.48 Å². The van der Waals surface area contributed by atoms with Crippen LogP contribution < -0.4 is 10.2 Å². The van der Waals surface area contributed by atoms with Crippen LogP contribution in [0.4, 0.5) is 20.6 Å². The van der Waals surface area contributed by atoms with Crippen LogP contribution in [0.2, 0.25) is 0 Å². The molecule has 2 saturated heterocycles. The van der Waals surface area contributed by atoms with E-state index in [0.717, 1.165) is 24.2 Å². The Kier molecular flexibility index (Phi) is 5.60. The summed E-state index contributed by atoms with van der Waals surface area (Å²) in [6.07, 6.45) is 5.04. The summed E-state index contributed by atoms with van der Waals surface area (Å²) in [5.41, 5.74) is 2.80. The third-order valence-corrected chi connectivity index (χ3v) is 7.25. The quantitative estimate of drug-likeness (QED) is 0.416. The second-order valence-corrected chi connectivity index (χ2v) is 11.7. The first-order valence-corrected chi connectivity index (χ1v) is 13.1. The summed E-state index contributed by atoms with van der Waals surface area (Å²) in [6.45, 7) is 13.0. The third kappa shape index (κ3) is 4.45. The molecule has 1 N–H and O–H groups in total. The summed E-state index contributed by atoms with van der Waals surface area (Å²) in [7, 11) is 0. The first-order valence-electron chi connectivity index (χ1n) is 13.1. The largest absolute Gasteiger partial charge is 0.444 e. The van der Waals surface area contributed by atoms with Gasteiger partial charge in [-0.05, 0) is 46.8 Å². The molecule has 2 amide bonds. The van der Waals surface area contributed by atoms with Crippen molar-refractivity contribution in [3.63, 3.8) is 0 Å². The molecule has 5 heterocycles. The van der Waals surface area contributed by atoms with Gasteiger partial charge in [-0.2, -0.15) is 5.10 Å². The van der Waals surface area contributed by atoms with E-state index in [2.05, 4.69) is 20.3 Å². The highest BCUT2D eigenvalue weighted by Crippen LogP contribution is 2.44. The fourth-order valence-electron chi connectivity index (χ4n) is 5.56. The zero-order valence-electron chi connectivity index (χ0n) is 22.8. The molecule has 0 unspecified atom stereocenters. The van der Waals surface area contributed by atoms with Crippen molar-refractivity contribution >= 4 is 39.9 Å². The van der Waals surface area contributed by atoms with Gasteiger partial charge < -0.3 is 24.3 Å². The average molecular weight is 534 g/mol. The normalized spacial score (nSPS) is 16.5. The molecule has 11 heteroatoms. The molecule has 1 spiro atoms. The minimum absolute atomic E-state index is 0.0639. The van der Waals surface area contributed by atoms with E-state index < -0.39 is 11.4 Å². The SMILES string of the molecule is CCn1cc2c(N3CC4(CN(C(=O)OC(C)(C)C)C4)C3)ccc(C(=O)Nc3cc(F)c4nc(C)cn4c3)c2n1. The van der Waals surface area contributed by atoms with E-state index in [1.54, 1.807) is 34.7 Å². The van der Waals surface area contributed by atoms with Crippen LogP contribution in [0.3, 0.4) is 0 Å². The van der Waals surface area contributed by atoms with Crippen LogP contribution in [0.25, 0.3) is 16.6 Å². The number of anilines is 2. The number of amides is 2. The number of carbonyl (C=O) groups is 2. The van der Waals surface area contributed by atoms with Gasteiger partial charge in [0.1, 0.15) is 11.1 Å². The molecule has 0 aliphatic carbocycles. The Morgan fingerprint density at radius 2 is 1.87 bits per heavy atom. The molecule has 6 rings (SSSR count). The highest BCUT2D eigenvalue weighted by Gasteiger charge is 2.54. The highest BCUT2D eigenvalue weighted by atomic mass is 19.1. The number of halogens is 1. The van der Waals surface area contributed by atoms with Crippen LogP contribution in [0, 0.1) is 18.2 Å². The van der Waals surface area contributed by atoms with Gasteiger partial charge in [0.2, 0.25) is 0 Å². The van der Waals surface area contributed by atoms with E-state index >= 15 is 0 Å². The van der Waals surface area contributed by atoms with Gasteiger partial charge in [-0.1, -0.05) is 0 Å². The fraction of sp³-hybridized carbons (Fsp3) is 0.429. The Hall–Kier alpha value is -4.15. The Morgan fingerprint density at radius 3 is 2.56 bits per heavy atom. The molecule has 0 saturated carbocycles. The predicted octanol–water partition coefficient (Wildman–Crippen LogP) is 4.46. The lowest BCUT2D eigenvalue weighted by Crippen LogP contribution is -2.73. The molecule has 3 aromatic heterocycles. The predicted molar refractivity (Wildman–Crippen MR) is 146 cm³/mol. The molecule has 0 radical (unpaired) electrons. The van der Waals surface area contributed by atoms with Crippen LogP contribution in [-0.4, -0.2) is 67.8 Å². The highest BCUT2D eigenvalue weighted by molar-refractivity contribution is 6.14. The third-order valence-electron chi connectivity index (χ3n) is 7.25. The molecular weight excluding hydrogens is 501 g/mol. The number of hydrogen-bond acceptors (Lipinski definition) is 6. The van der Waals surface area contributed by atoms with Crippen molar-refractivity contribution in [2.24, 2.45) is 5.41 Å². The molecule has 10 nitrogen and oxygen atoms in total. The zero-order valence-corrected chi connectivity index (χ0v) is 22.8. The number of nitrogens with zero attached hydrogens (tertiary/aromatic N) is 6. The smallest absolute Gasteiger partial charge is 0.410 e. The van der Waals surface area contributed by atoms with Gasteiger partial charge in [0, 0.05) is 73.9 Å². The molecule has 0 bridgehead atoms. The van der Waals surface area contributed by atoms with Crippen molar-refractivity contribution in [3.8, 4) is 0 Å². The van der Waals surface area contributed by atoms with E-state index in [1.165, 1.54) is 6.07 Å². The van der Waals surface area contributed by atoms with E-state index in [9.17, 15) is 14.0 Å². The van der Waals surface area contributed by atoms with Gasteiger partial charge in [0.25, 0.3) is 5.91 Å². The topological polar surface area (TPSA) is 97.0 Å². The Morgan fingerprint density at radius 1 is 1.13 bits per heavy atom. The molecule has 4 aromatic rings. The molecule has 1 aromatic carbocycles. The maximum atomic E-state index is 14.6. The van der Waals surface area contributed by atoms with Gasteiger partial charge in [0.05, 0.1) is 16.9 Å². The number of imidazole rings is 1. The van der Waals surface area contributed by atoms with E-state index in [-0.39, 0.29) is 23.1 Å². The molecule has 2 aliphatic heterocycles. The number of aryl methyl sites for hydroxylation is 2. The maximum absolute atomic E-state index is 14.6. The number of benzene rings is 1. The van der Waals surface area contributed by atoms with Crippen LogP contribution in [0.5, 0.6) is 0 Å². The van der Waals surface area contributed by atoms with E-state index in [1.807, 2.05) is 44.6 Å². The second kappa shape index (κ2) is 8.69. The summed E-state index contributed by atoms with van der Waals surface area (Å²) in [5.74, 6) is -0.875. The van der Waals surface area contributed by atoms with Crippen LogP contribution in [-0.2, 0) is 11.3 Å². The van der Waals surface area contributed by atoms with Gasteiger partial charge in [-0.25, -0.2) is 14.2 Å². The second-order valence-electron chi connectivity index (χ2n) is 11.7.